The molecule has 2 heteroatoms. The Morgan fingerprint density at radius 2 is 1.94 bits per heavy atom. The second-order valence-corrected chi connectivity index (χ2v) is 5.77. The van der Waals surface area contributed by atoms with Crippen LogP contribution in [0.3, 0.4) is 0 Å². The minimum atomic E-state index is 0.731. The molecule has 0 aliphatic heterocycles. The van der Waals surface area contributed by atoms with Crippen molar-refractivity contribution in [1.29, 1.82) is 0 Å². The first kappa shape index (κ1) is 15.2. The number of nitrogens with one attached hydrogen (secondary N) is 1. The van der Waals surface area contributed by atoms with E-state index in [4.69, 9.17) is 0 Å². The molecule has 1 rings (SSSR count). The summed E-state index contributed by atoms with van der Waals surface area (Å²) >= 11 is 0. The minimum Gasteiger partial charge on any atom is -0.315 e. The smallest absolute Gasteiger partial charge is 0.0233 e. The standard InChI is InChI=1S/C16H28N2/c1-13(2)11-17-8-9-18(5)12-16-7-6-14(3)10-15(16)4/h6-7,10,13,17H,8-9,11-12H2,1-5H3. The molecule has 0 fully saturated rings. The van der Waals surface area contributed by atoms with E-state index in [0.717, 1.165) is 32.1 Å². The van der Waals surface area contributed by atoms with Gasteiger partial charge in [0.25, 0.3) is 0 Å². The van der Waals surface area contributed by atoms with Crippen molar-refractivity contribution in [1.82, 2.24) is 10.2 Å². The average Bonchev–Trinajstić information content (AvgIpc) is 2.28. The van der Waals surface area contributed by atoms with Crippen molar-refractivity contribution in [2.45, 2.75) is 34.2 Å². The minimum absolute atomic E-state index is 0.731. The van der Waals surface area contributed by atoms with Gasteiger partial charge in [-0.1, -0.05) is 37.6 Å². The van der Waals surface area contributed by atoms with Crippen LogP contribution in [-0.4, -0.2) is 31.6 Å². The van der Waals surface area contributed by atoms with Crippen LogP contribution < -0.4 is 5.32 Å². The first-order chi connectivity index (χ1) is 8.49. The Morgan fingerprint density at radius 1 is 1.22 bits per heavy atom. The summed E-state index contributed by atoms with van der Waals surface area (Å²) in [6.45, 7) is 13.1. The van der Waals surface area contributed by atoms with Gasteiger partial charge in [0.05, 0.1) is 0 Å². The van der Waals surface area contributed by atoms with E-state index in [9.17, 15) is 0 Å². The molecular formula is C16H28N2. The van der Waals surface area contributed by atoms with E-state index in [2.05, 4.69) is 63.2 Å². The van der Waals surface area contributed by atoms with Gasteiger partial charge in [0.1, 0.15) is 0 Å². The average molecular weight is 248 g/mol. The fourth-order valence-corrected chi connectivity index (χ4v) is 2.05. The van der Waals surface area contributed by atoms with Gasteiger partial charge in [-0.2, -0.15) is 0 Å². The van der Waals surface area contributed by atoms with Crippen molar-refractivity contribution in [2.75, 3.05) is 26.7 Å². The molecular weight excluding hydrogens is 220 g/mol. The molecule has 0 heterocycles. The molecule has 0 amide bonds. The fourth-order valence-electron chi connectivity index (χ4n) is 2.05. The lowest BCUT2D eigenvalue weighted by Gasteiger charge is -2.19. The van der Waals surface area contributed by atoms with Crippen molar-refractivity contribution >= 4 is 0 Å². The highest BCUT2D eigenvalue weighted by atomic mass is 15.1. The lowest BCUT2D eigenvalue weighted by molar-refractivity contribution is 0.321. The topological polar surface area (TPSA) is 15.3 Å². The Balaban J connectivity index is 2.33. The molecule has 0 radical (unpaired) electrons. The monoisotopic (exact) mass is 248 g/mol. The van der Waals surface area contributed by atoms with Gasteiger partial charge in [-0.15, -0.1) is 0 Å². The highest BCUT2D eigenvalue weighted by Crippen LogP contribution is 2.12. The van der Waals surface area contributed by atoms with Crippen LogP contribution in [0.1, 0.15) is 30.5 Å². The second-order valence-electron chi connectivity index (χ2n) is 5.77. The van der Waals surface area contributed by atoms with Crippen LogP contribution in [0.4, 0.5) is 0 Å². The summed E-state index contributed by atoms with van der Waals surface area (Å²) in [5.74, 6) is 0.731. The Kier molecular flexibility index (Phi) is 6.37. The SMILES string of the molecule is Cc1ccc(CN(C)CCNCC(C)C)c(C)c1. The van der Waals surface area contributed by atoms with Gasteiger partial charge in [-0.3, -0.25) is 0 Å². The van der Waals surface area contributed by atoms with Gasteiger partial charge in [0.2, 0.25) is 0 Å². The highest BCUT2D eigenvalue weighted by molar-refractivity contribution is 5.30. The number of hydrogen-bond acceptors (Lipinski definition) is 2. The summed E-state index contributed by atoms with van der Waals surface area (Å²) in [5.41, 5.74) is 4.18. The number of benzene rings is 1. The molecule has 0 saturated carbocycles. The van der Waals surface area contributed by atoms with Crippen molar-refractivity contribution in [2.24, 2.45) is 5.92 Å². The Morgan fingerprint density at radius 3 is 2.56 bits per heavy atom. The third-order valence-electron chi connectivity index (χ3n) is 3.16. The van der Waals surface area contributed by atoms with Gasteiger partial charge in [-0.25, -0.2) is 0 Å². The number of aryl methyl sites for hydroxylation is 2. The maximum absolute atomic E-state index is 3.48. The summed E-state index contributed by atoms with van der Waals surface area (Å²) < 4.78 is 0. The van der Waals surface area contributed by atoms with E-state index in [1.807, 2.05) is 0 Å². The zero-order valence-electron chi connectivity index (χ0n) is 12.6. The second kappa shape index (κ2) is 7.55. The Hall–Kier alpha value is -0.860. The quantitative estimate of drug-likeness (QED) is 0.746. The van der Waals surface area contributed by atoms with Crippen LogP contribution in [0.5, 0.6) is 0 Å². The summed E-state index contributed by atoms with van der Waals surface area (Å²) in [6, 6.07) is 6.72. The summed E-state index contributed by atoms with van der Waals surface area (Å²) in [6.07, 6.45) is 0. The van der Waals surface area contributed by atoms with E-state index in [1.165, 1.54) is 16.7 Å². The lowest BCUT2D eigenvalue weighted by Crippen LogP contribution is -2.31. The molecule has 0 unspecified atom stereocenters. The molecule has 0 aliphatic rings. The fraction of sp³-hybridized carbons (Fsp3) is 0.625. The molecule has 102 valence electrons. The number of rotatable bonds is 7. The van der Waals surface area contributed by atoms with E-state index in [1.54, 1.807) is 0 Å². The Bertz CT molecular complexity index is 358. The maximum Gasteiger partial charge on any atom is 0.0233 e. The van der Waals surface area contributed by atoms with Gasteiger partial charge in [0.15, 0.2) is 0 Å². The molecule has 0 atom stereocenters. The van der Waals surface area contributed by atoms with Crippen LogP contribution in [0, 0.1) is 19.8 Å². The van der Waals surface area contributed by atoms with Crippen LogP contribution in [0.15, 0.2) is 18.2 Å². The van der Waals surface area contributed by atoms with Gasteiger partial charge in [0, 0.05) is 19.6 Å². The number of likely N-dealkylation sites (N-methyl/N-ethyl adjacent to an activating group) is 1. The molecule has 1 N–H and O–H groups in total. The molecule has 0 aromatic heterocycles. The van der Waals surface area contributed by atoms with Gasteiger partial charge >= 0.3 is 0 Å². The molecule has 0 aliphatic carbocycles. The third kappa shape index (κ3) is 5.65. The van der Waals surface area contributed by atoms with Crippen molar-refractivity contribution < 1.29 is 0 Å². The molecule has 0 bridgehead atoms. The number of nitrogens with zero attached hydrogens (tertiary/aromatic N) is 1. The van der Waals surface area contributed by atoms with E-state index >= 15 is 0 Å². The molecule has 0 saturated heterocycles. The predicted octanol–water partition coefficient (Wildman–Crippen LogP) is 2.98. The largest absolute Gasteiger partial charge is 0.315 e. The normalized spacial score (nSPS) is 11.5. The first-order valence-corrected chi connectivity index (χ1v) is 6.94. The zero-order chi connectivity index (χ0) is 13.5. The summed E-state index contributed by atoms with van der Waals surface area (Å²) in [7, 11) is 2.19. The molecule has 2 nitrogen and oxygen atoms in total. The molecule has 1 aromatic rings. The van der Waals surface area contributed by atoms with E-state index in [-0.39, 0.29) is 0 Å². The van der Waals surface area contributed by atoms with Crippen LogP contribution in [0.25, 0.3) is 0 Å². The molecule has 0 spiro atoms. The highest BCUT2D eigenvalue weighted by Gasteiger charge is 2.03. The molecule has 1 aromatic carbocycles. The summed E-state index contributed by atoms with van der Waals surface area (Å²) in [4.78, 5) is 2.38. The van der Waals surface area contributed by atoms with Crippen LogP contribution >= 0.6 is 0 Å². The maximum atomic E-state index is 3.48. The number of hydrogen-bond donors (Lipinski definition) is 1. The lowest BCUT2D eigenvalue weighted by atomic mass is 10.1. The summed E-state index contributed by atoms with van der Waals surface area (Å²) in [5, 5.41) is 3.48. The van der Waals surface area contributed by atoms with Crippen LogP contribution in [0.2, 0.25) is 0 Å². The third-order valence-corrected chi connectivity index (χ3v) is 3.16. The zero-order valence-corrected chi connectivity index (χ0v) is 12.6. The molecule has 18 heavy (non-hydrogen) atoms. The van der Waals surface area contributed by atoms with Crippen molar-refractivity contribution in [3.63, 3.8) is 0 Å². The van der Waals surface area contributed by atoms with Gasteiger partial charge in [-0.05, 0) is 44.5 Å². The predicted molar refractivity (Wildman–Crippen MR) is 80.0 cm³/mol. The Labute approximate surface area is 112 Å². The van der Waals surface area contributed by atoms with Crippen LogP contribution in [-0.2, 0) is 6.54 Å². The van der Waals surface area contributed by atoms with E-state index in [0.29, 0.717) is 0 Å². The first-order valence-electron chi connectivity index (χ1n) is 6.94. The van der Waals surface area contributed by atoms with Gasteiger partial charge < -0.3 is 10.2 Å². The van der Waals surface area contributed by atoms with Crippen molar-refractivity contribution in [3.8, 4) is 0 Å². The van der Waals surface area contributed by atoms with Crippen molar-refractivity contribution in [3.05, 3.63) is 34.9 Å². The van der Waals surface area contributed by atoms with E-state index < -0.39 is 0 Å².